The monoisotopic (exact) mass is 250 g/mol. The Balaban J connectivity index is 2.81. The van der Waals surface area contributed by atoms with Crippen LogP contribution in [0.3, 0.4) is 0 Å². The maximum Gasteiger partial charge on any atom is 0.170 e. The van der Waals surface area contributed by atoms with Crippen molar-refractivity contribution < 1.29 is 9.94 Å². The SMILES string of the molecule is CCC(C)(C)OCc1ccc(/C(N)=N/O)cc1C. The van der Waals surface area contributed by atoms with Crippen molar-refractivity contribution in [2.75, 3.05) is 0 Å². The van der Waals surface area contributed by atoms with E-state index in [1.165, 1.54) is 0 Å². The second-order valence-electron chi connectivity index (χ2n) is 5.03. The number of oxime groups is 1. The van der Waals surface area contributed by atoms with E-state index in [2.05, 4.69) is 25.9 Å². The predicted molar refractivity (Wildman–Crippen MR) is 72.8 cm³/mol. The number of ether oxygens (including phenoxy) is 1. The van der Waals surface area contributed by atoms with Crippen LogP contribution < -0.4 is 5.73 Å². The first-order valence-corrected chi connectivity index (χ1v) is 6.11. The van der Waals surface area contributed by atoms with Gasteiger partial charge >= 0.3 is 0 Å². The van der Waals surface area contributed by atoms with E-state index < -0.39 is 0 Å². The molecule has 4 heteroatoms. The van der Waals surface area contributed by atoms with Crippen molar-refractivity contribution >= 4 is 5.84 Å². The molecule has 0 aliphatic carbocycles. The van der Waals surface area contributed by atoms with Crippen LogP contribution in [0, 0.1) is 6.92 Å². The second kappa shape index (κ2) is 5.87. The third kappa shape index (κ3) is 3.74. The van der Waals surface area contributed by atoms with Crippen LogP contribution in [0.15, 0.2) is 23.4 Å². The molecule has 0 saturated heterocycles. The average Bonchev–Trinajstić information content (AvgIpc) is 2.36. The lowest BCUT2D eigenvalue weighted by molar-refractivity contribution is -0.0318. The fourth-order valence-electron chi connectivity index (χ4n) is 1.45. The van der Waals surface area contributed by atoms with Gasteiger partial charge in [-0.05, 0) is 44.4 Å². The summed E-state index contributed by atoms with van der Waals surface area (Å²) >= 11 is 0. The van der Waals surface area contributed by atoms with Crippen LogP contribution in [0.4, 0.5) is 0 Å². The molecule has 0 heterocycles. The van der Waals surface area contributed by atoms with Crippen molar-refractivity contribution in [2.45, 2.75) is 46.3 Å². The number of amidine groups is 1. The van der Waals surface area contributed by atoms with Crippen LogP contribution in [-0.2, 0) is 11.3 Å². The molecule has 18 heavy (non-hydrogen) atoms. The molecule has 1 aromatic carbocycles. The smallest absolute Gasteiger partial charge is 0.170 e. The molecule has 0 atom stereocenters. The van der Waals surface area contributed by atoms with Crippen LogP contribution in [0.2, 0.25) is 0 Å². The number of hydrogen-bond donors (Lipinski definition) is 2. The summed E-state index contributed by atoms with van der Waals surface area (Å²) in [5, 5.41) is 11.6. The van der Waals surface area contributed by atoms with Crippen molar-refractivity contribution in [2.24, 2.45) is 10.9 Å². The number of benzene rings is 1. The zero-order valence-electron chi connectivity index (χ0n) is 11.5. The van der Waals surface area contributed by atoms with E-state index in [0.29, 0.717) is 12.2 Å². The van der Waals surface area contributed by atoms with Gasteiger partial charge in [-0.1, -0.05) is 24.2 Å². The van der Waals surface area contributed by atoms with Crippen molar-refractivity contribution in [3.8, 4) is 0 Å². The Morgan fingerprint density at radius 1 is 1.44 bits per heavy atom. The summed E-state index contributed by atoms with van der Waals surface area (Å²) in [5.41, 5.74) is 8.34. The van der Waals surface area contributed by atoms with E-state index >= 15 is 0 Å². The quantitative estimate of drug-likeness (QED) is 0.365. The Kier molecular flexibility index (Phi) is 4.73. The highest BCUT2D eigenvalue weighted by molar-refractivity contribution is 5.97. The third-order valence-electron chi connectivity index (χ3n) is 3.22. The van der Waals surface area contributed by atoms with Gasteiger partial charge in [0, 0.05) is 5.56 Å². The Labute approximate surface area is 108 Å². The van der Waals surface area contributed by atoms with E-state index in [0.717, 1.165) is 17.5 Å². The number of hydrogen-bond acceptors (Lipinski definition) is 3. The van der Waals surface area contributed by atoms with Gasteiger partial charge in [-0.15, -0.1) is 0 Å². The molecule has 0 aliphatic heterocycles. The Morgan fingerprint density at radius 3 is 2.61 bits per heavy atom. The van der Waals surface area contributed by atoms with Gasteiger partial charge in [0.15, 0.2) is 5.84 Å². The van der Waals surface area contributed by atoms with Crippen molar-refractivity contribution in [1.82, 2.24) is 0 Å². The molecule has 1 rings (SSSR count). The van der Waals surface area contributed by atoms with E-state index in [-0.39, 0.29) is 11.4 Å². The third-order valence-corrected chi connectivity index (χ3v) is 3.22. The fraction of sp³-hybridized carbons (Fsp3) is 0.500. The van der Waals surface area contributed by atoms with Gasteiger partial charge in [0.25, 0.3) is 0 Å². The van der Waals surface area contributed by atoms with Crippen molar-refractivity contribution in [3.63, 3.8) is 0 Å². The maximum atomic E-state index is 8.63. The van der Waals surface area contributed by atoms with Crippen molar-refractivity contribution in [3.05, 3.63) is 34.9 Å². The topological polar surface area (TPSA) is 67.8 Å². The minimum atomic E-state index is -0.114. The minimum Gasteiger partial charge on any atom is -0.409 e. The molecular weight excluding hydrogens is 228 g/mol. The van der Waals surface area contributed by atoms with E-state index in [4.69, 9.17) is 15.7 Å². The molecular formula is C14H22N2O2. The van der Waals surface area contributed by atoms with Gasteiger partial charge in [0.2, 0.25) is 0 Å². The van der Waals surface area contributed by atoms with Crippen LogP contribution in [0.25, 0.3) is 0 Å². The molecule has 0 bridgehead atoms. The van der Waals surface area contributed by atoms with E-state index in [1.807, 2.05) is 25.1 Å². The Bertz CT molecular complexity index is 439. The molecule has 0 unspecified atom stereocenters. The zero-order valence-corrected chi connectivity index (χ0v) is 11.5. The Hall–Kier alpha value is -1.55. The molecule has 100 valence electrons. The summed E-state index contributed by atoms with van der Waals surface area (Å²) in [6, 6.07) is 5.68. The summed E-state index contributed by atoms with van der Waals surface area (Å²) in [5.74, 6) is 0.124. The second-order valence-corrected chi connectivity index (χ2v) is 5.03. The lowest BCUT2D eigenvalue weighted by atomic mass is 10.0. The first kappa shape index (κ1) is 14.5. The molecule has 0 saturated carbocycles. The number of nitrogens with two attached hydrogens (primary N) is 1. The minimum absolute atomic E-state index is 0.114. The van der Waals surface area contributed by atoms with E-state index in [9.17, 15) is 0 Å². The molecule has 0 amide bonds. The highest BCUT2D eigenvalue weighted by Crippen LogP contribution is 2.19. The average molecular weight is 250 g/mol. The summed E-state index contributed by atoms with van der Waals surface area (Å²) < 4.78 is 5.86. The molecule has 4 nitrogen and oxygen atoms in total. The molecule has 0 aromatic heterocycles. The maximum absolute atomic E-state index is 8.63. The highest BCUT2D eigenvalue weighted by Gasteiger charge is 2.15. The molecule has 0 spiro atoms. The first-order chi connectivity index (χ1) is 8.39. The molecule has 0 aliphatic rings. The van der Waals surface area contributed by atoms with Gasteiger partial charge in [-0.25, -0.2) is 0 Å². The zero-order chi connectivity index (χ0) is 13.8. The molecule has 0 radical (unpaired) electrons. The predicted octanol–water partition coefficient (Wildman–Crippen LogP) is 2.79. The molecule has 3 N–H and O–H groups in total. The van der Waals surface area contributed by atoms with Crippen molar-refractivity contribution in [1.29, 1.82) is 0 Å². The van der Waals surface area contributed by atoms with Crippen LogP contribution >= 0.6 is 0 Å². The van der Waals surface area contributed by atoms with Gasteiger partial charge in [-0.2, -0.15) is 0 Å². The normalized spacial score (nSPS) is 12.8. The lowest BCUT2D eigenvalue weighted by Crippen LogP contribution is -2.23. The van der Waals surface area contributed by atoms with Gasteiger partial charge < -0.3 is 15.7 Å². The van der Waals surface area contributed by atoms with Crippen LogP contribution in [0.5, 0.6) is 0 Å². The number of rotatable bonds is 5. The van der Waals surface area contributed by atoms with E-state index in [1.54, 1.807) is 0 Å². The number of nitrogens with zero attached hydrogens (tertiary/aromatic N) is 1. The first-order valence-electron chi connectivity index (χ1n) is 6.11. The summed E-state index contributed by atoms with van der Waals surface area (Å²) in [4.78, 5) is 0. The molecule has 1 aromatic rings. The Morgan fingerprint density at radius 2 is 2.11 bits per heavy atom. The van der Waals surface area contributed by atoms with Gasteiger partial charge in [0.1, 0.15) is 0 Å². The fourth-order valence-corrected chi connectivity index (χ4v) is 1.45. The highest BCUT2D eigenvalue weighted by atomic mass is 16.5. The molecule has 0 fully saturated rings. The standard InChI is InChI=1S/C14H22N2O2/c1-5-14(3,4)18-9-12-7-6-11(8-10(12)2)13(15)16-17/h6-8,17H,5,9H2,1-4H3,(H2,15,16). The largest absolute Gasteiger partial charge is 0.409 e. The van der Waals surface area contributed by atoms with Gasteiger partial charge in [0.05, 0.1) is 12.2 Å². The number of aryl methyl sites for hydroxylation is 1. The lowest BCUT2D eigenvalue weighted by Gasteiger charge is -2.24. The van der Waals surface area contributed by atoms with Gasteiger partial charge in [-0.3, -0.25) is 0 Å². The summed E-state index contributed by atoms with van der Waals surface area (Å²) in [7, 11) is 0. The summed E-state index contributed by atoms with van der Waals surface area (Å²) in [6.45, 7) is 8.82. The van der Waals surface area contributed by atoms with Crippen LogP contribution in [0.1, 0.15) is 43.9 Å². The summed E-state index contributed by atoms with van der Waals surface area (Å²) in [6.07, 6.45) is 0.967. The van der Waals surface area contributed by atoms with Crippen LogP contribution in [-0.4, -0.2) is 16.6 Å².